The van der Waals surface area contributed by atoms with E-state index in [-0.39, 0.29) is 0 Å². The number of nitrogens with one attached hydrogen (secondary N) is 1. The summed E-state index contributed by atoms with van der Waals surface area (Å²) in [6.45, 7) is 5.06. The van der Waals surface area contributed by atoms with E-state index in [2.05, 4.69) is 63.5 Å². The molecule has 1 aliphatic heterocycles. The lowest BCUT2D eigenvalue weighted by molar-refractivity contribution is 0.842. The molecule has 0 bridgehead atoms. The fraction of sp³-hybridized carbons (Fsp3) is 0.357. The van der Waals surface area contributed by atoms with Crippen molar-refractivity contribution in [2.75, 3.05) is 16.8 Å². The van der Waals surface area contributed by atoms with Crippen LogP contribution in [0.25, 0.3) is 0 Å². The monoisotopic (exact) mass is 255 g/mol. The molecular weight excluding hydrogens is 238 g/mol. The van der Waals surface area contributed by atoms with Gasteiger partial charge in [-0.15, -0.1) is 5.10 Å². The second-order valence-corrected chi connectivity index (χ2v) is 4.97. The molecule has 0 amide bonds. The fourth-order valence-corrected chi connectivity index (χ4v) is 2.32. The highest BCUT2D eigenvalue weighted by atomic mass is 15.3. The van der Waals surface area contributed by atoms with Crippen LogP contribution in [0.5, 0.6) is 0 Å². The van der Waals surface area contributed by atoms with E-state index < -0.39 is 0 Å². The van der Waals surface area contributed by atoms with Gasteiger partial charge in [0.25, 0.3) is 0 Å². The molecule has 1 aliphatic rings. The molecule has 2 aromatic rings. The van der Waals surface area contributed by atoms with Crippen LogP contribution in [-0.4, -0.2) is 27.8 Å². The minimum Gasteiger partial charge on any atom is -0.351 e. The Labute approximate surface area is 112 Å². The number of anilines is 3. The molecule has 98 valence electrons. The first-order chi connectivity index (χ1) is 9.24. The zero-order valence-electron chi connectivity index (χ0n) is 11.2. The summed E-state index contributed by atoms with van der Waals surface area (Å²) in [6, 6.07) is 8.71. The van der Waals surface area contributed by atoms with E-state index in [1.807, 2.05) is 0 Å². The zero-order valence-corrected chi connectivity index (χ0v) is 11.2. The van der Waals surface area contributed by atoms with Crippen molar-refractivity contribution in [3.05, 3.63) is 36.0 Å². The van der Waals surface area contributed by atoms with E-state index in [9.17, 15) is 0 Å². The van der Waals surface area contributed by atoms with Crippen molar-refractivity contribution in [2.24, 2.45) is 0 Å². The third-order valence-electron chi connectivity index (χ3n) is 3.13. The average Bonchev–Trinajstić information content (AvgIpc) is 2.82. The van der Waals surface area contributed by atoms with Crippen LogP contribution in [0.3, 0.4) is 0 Å². The molecule has 3 rings (SSSR count). The van der Waals surface area contributed by atoms with Gasteiger partial charge in [-0.2, -0.15) is 10.1 Å². The van der Waals surface area contributed by atoms with Crippen molar-refractivity contribution in [2.45, 2.75) is 26.3 Å². The van der Waals surface area contributed by atoms with Gasteiger partial charge in [-0.05, 0) is 31.9 Å². The number of rotatable bonds is 3. The SMILES string of the molecule is CC(C)Nc1nncc(N2CCc3ccccc32)n1. The van der Waals surface area contributed by atoms with Crippen molar-refractivity contribution < 1.29 is 0 Å². The second-order valence-electron chi connectivity index (χ2n) is 4.97. The lowest BCUT2D eigenvalue weighted by Gasteiger charge is -2.18. The van der Waals surface area contributed by atoms with Gasteiger partial charge in [0.15, 0.2) is 5.82 Å². The Hall–Kier alpha value is -2.17. The van der Waals surface area contributed by atoms with Crippen LogP contribution in [0.4, 0.5) is 17.5 Å². The Morgan fingerprint density at radius 3 is 2.95 bits per heavy atom. The van der Waals surface area contributed by atoms with Crippen molar-refractivity contribution in [3.63, 3.8) is 0 Å². The van der Waals surface area contributed by atoms with E-state index in [0.29, 0.717) is 12.0 Å². The third kappa shape index (κ3) is 2.36. The quantitative estimate of drug-likeness (QED) is 0.912. The summed E-state index contributed by atoms with van der Waals surface area (Å²) in [4.78, 5) is 6.72. The number of hydrogen-bond donors (Lipinski definition) is 1. The Bertz CT molecular complexity index is 582. The van der Waals surface area contributed by atoms with Crippen LogP contribution in [0.15, 0.2) is 30.5 Å². The molecule has 5 heteroatoms. The number of fused-ring (bicyclic) bond motifs is 1. The molecule has 0 atom stereocenters. The molecule has 0 spiro atoms. The fourth-order valence-electron chi connectivity index (χ4n) is 2.32. The highest BCUT2D eigenvalue weighted by Gasteiger charge is 2.21. The van der Waals surface area contributed by atoms with Crippen molar-refractivity contribution in [3.8, 4) is 0 Å². The predicted molar refractivity (Wildman–Crippen MR) is 75.7 cm³/mol. The van der Waals surface area contributed by atoms with E-state index in [0.717, 1.165) is 18.8 Å². The Morgan fingerprint density at radius 2 is 2.11 bits per heavy atom. The van der Waals surface area contributed by atoms with E-state index in [1.165, 1.54) is 11.3 Å². The first-order valence-corrected chi connectivity index (χ1v) is 6.56. The molecule has 0 aliphatic carbocycles. The maximum Gasteiger partial charge on any atom is 0.244 e. The van der Waals surface area contributed by atoms with Gasteiger partial charge in [0.2, 0.25) is 5.95 Å². The summed E-state index contributed by atoms with van der Waals surface area (Å²) in [7, 11) is 0. The Kier molecular flexibility index (Phi) is 3.03. The number of aromatic nitrogens is 3. The Balaban J connectivity index is 1.91. The van der Waals surface area contributed by atoms with Gasteiger partial charge in [0.05, 0.1) is 6.20 Å². The molecule has 0 radical (unpaired) electrons. The highest BCUT2D eigenvalue weighted by molar-refractivity contribution is 5.67. The zero-order chi connectivity index (χ0) is 13.2. The van der Waals surface area contributed by atoms with Crippen LogP contribution in [0.2, 0.25) is 0 Å². The minimum atomic E-state index is 0.294. The number of hydrogen-bond acceptors (Lipinski definition) is 5. The summed E-state index contributed by atoms with van der Waals surface area (Å²) >= 11 is 0. The maximum atomic E-state index is 4.53. The lowest BCUT2D eigenvalue weighted by Crippen LogP contribution is -2.18. The van der Waals surface area contributed by atoms with Crippen LogP contribution < -0.4 is 10.2 Å². The largest absolute Gasteiger partial charge is 0.351 e. The molecule has 1 aromatic heterocycles. The van der Waals surface area contributed by atoms with Crippen LogP contribution in [0, 0.1) is 0 Å². The third-order valence-corrected chi connectivity index (χ3v) is 3.13. The van der Waals surface area contributed by atoms with Crippen molar-refractivity contribution in [1.82, 2.24) is 15.2 Å². The number of benzene rings is 1. The summed E-state index contributed by atoms with van der Waals surface area (Å²) in [5.41, 5.74) is 2.58. The van der Waals surface area contributed by atoms with Gasteiger partial charge >= 0.3 is 0 Å². The lowest BCUT2D eigenvalue weighted by atomic mass is 10.2. The summed E-state index contributed by atoms with van der Waals surface area (Å²) < 4.78 is 0. The Morgan fingerprint density at radius 1 is 1.26 bits per heavy atom. The first-order valence-electron chi connectivity index (χ1n) is 6.56. The maximum absolute atomic E-state index is 4.53. The summed E-state index contributed by atoms with van der Waals surface area (Å²) in [6.07, 6.45) is 2.76. The minimum absolute atomic E-state index is 0.294. The van der Waals surface area contributed by atoms with E-state index in [1.54, 1.807) is 6.20 Å². The molecule has 0 saturated carbocycles. The molecular formula is C14H17N5. The van der Waals surface area contributed by atoms with Gasteiger partial charge in [-0.1, -0.05) is 18.2 Å². The molecule has 1 aromatic carbocycles. The molecule has 0 unspecified atom stereocenters. The molecule has 0 fully saturated rings. The molecule has 2 heterocycles. The highest BCUT2D eigenvalue weighted by Crippen LogP contribution is 2.32. The van der Waals surface area contributed by atoms with Crippen LogP contribution in [-0.2, 0) is 6.42 Å². The van der Waals surface area contributed by atoms with Gasteiger partial charge in [0, 0.05) is 18.3 Å². The van der Waals surface area contributed by atoms with Gasteiger partial charge in [0.1, 0.15) is 0 Å². The average molecular weight is 255 g/mol. The number of nitrogens with zero attached hydrogens (tertiary/aromatic N) is 4. The van der Waals surface area contributed by atoms with E-state index >= 15 is 0 Å². The van der Waals surface area contributed by atoms with E-state index in [4.69, 9.17) is 0 Å². The van der Waals surface area contributed by atoms with Gasteiger partial charge in [-0.25, -0.2) is 0 Å². The van der Waals surface area contributed by atoms with Gasteiger partial charge < -0.3 is 10.2 Å². The molecule has 1 N–H and O–H groups in total. The first kappa shape index (κ1) is 11.9. The van der Waals surface area contributed by atoms with Gasteiger partial charge in [-0.3, -0.25) is 0 Å². The molecule has 19 heavy (non-hydrogen) atoms. The predicted octanol–water partition coefficient (Wildman–Crippen LogP) is 2.39. The molecule has 0 saturated heterocycles. The summed E-state index contributed by atoms with van der Waals surface area (Å²) in [5, 5.41) is 11.2. The van der Waals surface area contributed by atoms with Crippen molar-refractivity contribution >= 4 is 17.5 Å². The van der Waals surface area contributed by atoms with Crippen LogP contribution in [0.1, 0.15) is 19.4 Å². The molecule has 5 nitrogen and oxygen atoms in total. The van der Waals surface area contributed by atoms with Crippen LogP contribution >= 0.6 is 0 Å². The normalized spacial score (nSPS) is 13.7. The topological polar surface area (TPSA) is 53.9 Å². The number of para-hydroxylation sites is 1. The summed E-state index contributed by atoms with van der Waals surface area (Å²) in [5.74, 6) is 1.43. The standard InChI is InChI=1S/C14H17N5/c1-10(2)16-14-17-13(9-15-18-14)19-8-7-11-5-3-4-6-12(11)19/h3-6,9-10H,7-8H2,1-2H3,(H,16,17,18). The van der Waals surface area contributed by atoms with Crippen molar-refractivity contribution in [1.29, 1.82) is 0 Å². The smallest absolute Gasteiger partial charge is 0.244 e. The second kappa shape index (κ2) is 4.84.